The number of aliphatic hydroxyl groups excluding tert-OH is 2. The molecule has 5 aliphatic rings. The number of nitrogens with one attached hydrogen (secondary N) is 1. The van der Waals surface area contributed by atoms with E-state index < -0.39 is 125 Å². The van der Waals surface area contributed by atoms with Crippen molar-refractivity contribution in [3.8, 4) is 0 Å². The van der Waals surface area contributed by atoms with Gasteiger partial charge in [-0.1, -0.05) is 27.7 Å². The van der Waals surface area contributed by atoms with E-state index in [0.29, 0.717) is 41.5 Å². The van der Waals surface area contributed by atoms with Gasteiger partial charge in [0.1, 0.15) is 35.7 Å². The molecule has 73 heavy (non-hydrogen) atoms. The maximum atomic E-state index is 15.3. The minimum Gasteiger partial charge on any atom is -0.458 e. The number of carbonyl (C=O) groups is 3. The van der Waals surface area contributed by atoms with Gasteiger partial charge in [-0.2, -0.15) is 0 Å². The van der Waals surface area contributed by atoms with Gasteiger partial charge in [-0.25, -0.2) is 15.0 Å². The van der Waals surface area contributed by atoms with Crippen LogP contribution < -0.4 is 11.1 Å². The van der Waals surface area contributed by atoms with Gasteiger partial charge in [-0.15, -0.1) is 11.8 Å². The zero-order valence-corrected chi connectivity index (χ0v) is 44.9. The number of thioether (sulfide) groups is 1. The Morgan fingerprint density at radius 3 is 2.37 bits per heavy atom. The molecule has 0 radical (unpaired) electrons. The third-order valence-corrected chi connectivity index (χ3v) is 17.9. The largest absolute Gasteiger partial charge is 0.458 e. The number of imidazole rings is 1. The average molecular weight is 1040 g/mol. The van der Waals surface area contributed by atoms with Gasteiger partial charge in [0, 0.05) is 75.3 Å². The van der Waals surface area contributed by atoms with Crippen molar-refractivity contribution in [1.82, 2.24) is 29.4 Å². The fourth-order valence-electron chi connectivity index (χ4n) is 12.3. The topological polar surface area (TPSA) is 263 Å². The van der Waals surface area contributed by atoms with Gasteiger partial charge in [0.05, 0.1) is 53.4 Å². The summed E-state index contributed by atoms with van der Waals surface area (Å²) in [4.78, 5) is 64.3. The molecule has 0 amide bonds. The molecule has 0 saturated carbocycles. The second-order valence-corrected chi connectivity index (χ2v) is 22.9. The van der Waals surface area contributed by atoms with Crippen LogP contribution >= 0.6 is 11.8 Å². The van der Waals surface area contributed by atoms with Crippen LogP contribution in [0.5, 0.6) is 0 Å². The van der Waals surface area contributed by atoms with Gasteiger partial charge in [0.15, 0.2) is 35.2 Å². The van der Waals surface area contributed by atoms with Crippen LogP contribution in [0.1, 0.15) is 87.5 Å². The number of Topliss-reactive ketones (excluding diaryl/α,β-unsaturated/α-hetero) is 1. The monoisotopic (exact) mass is 1040 g/mol. The van der Waals surface area contributed by atoms with E-state index in [2.05, 4.69) is 20.3 Å². The standard InChI is InChI=1S/C51H76N8O13S/c1-13-33-51(8)35(40(46(64)72-51)73-18-17-59-44-36(43(52)54-24-55-44)57-48(59)56-29-15-14-16-53-23-29)26(3)37(60)25(2)21-50(7,66-12)42-27(4)39(28(5)45(63)69-33)70-34-22-49(6,65-11)41(62)32(68-34)20-30-19-31(58(9)10)38(61)47(67-30)71-42/h14-16,23-28,30-35,38-42,47,61-62H,13,17-22H2,1-12H3,(H,56,57)(H2,52,54,55)/t25-,26-,27+,28-,30+,31+,32+,33-,34+,35+,38-,39+,40+,41+,42-,47+,49-,50-,51-/m1/s1. The first-order chi connectivity index (χ1) is 34.6. The summed E-state index contributed by atoms with van der Waals surface area (Å²) in [5.41, 5.74) is 3.99. The highest BCUT2D eigenvalue weighted by atomic mass is 32.2. The molecule has 5 N–H and O–H groups in total. The first kappa shape index (κ1) is 55.1. The van der Waals surface area contributed by atoms with E-state index >= 15 is 9.59 Å². The molecule has 5 saturated heterocycles. The number of aliphatic hydroxyl groups is 2. The number of aromatic nitrogens is 5. The fourth-order valence-corrected chi connectivity index (χ4v) is 13.8. The molecular weight excluding hydrogens is 965 g/mol. The van der Waals surface area contributed by atoms with E-state index in [9.17, 15) is 15.0 Å². The highest BCUT2D eigenvalue weighted by Crippen LogP contribution is 2.50. The second-order valence-electron chi connectivity index (χ2n) is 21.6. The van der Waals surface area contributed by atoms with Crippen LogP contribution in [0.2, 0.25) is 0 Å². The average Bonchev–Trinajstić information content (AvgIpc) is 3.84. The summed E-state index contributed by atoms with van der Waals surface area (Å²) in [6.45, 7) is 14.8. The van der Waals surface area contributed by atoms with Gasteiger partial charge in [-0.05, 0) is 73.2 Å². The number of rotatable bonds is 10. The number of pyridine rings is 1. The lowest BCUT2D eigenvalue weighted by molar-refractivity contribution is -0.339. The van der Waals surface area contributed by atoms with E-state index in [1.54, 1.807) is 46.3 Å². The maximum absolute atomic E-state index is 15.3. The molecule has 0 aromatic carbocycles. The number of anilines is 3. The van der Waals surface area contributed by atoms with Crippen molar-refractivity contribution in [2.45, 2.75) is 177 Å². The summed E-state index contributed by atoms with van der Waals surface area (Å²) in [5.74, 6) is -4.32. The zero-order valence-electron chi connectivity index (χ0n) is 44.1. The molecule has 404 valence electrons. The Morgan fingerprint density at radius 1 is 0.959 bits per heavy atom. The predicted molar refractivity (Wildman–Crippen MR) is 269 cm³/mol. The molecule has 6 bridgehead atoms. The van der Waals surface area contributed by atoms with Crippen molar-refractivity contribution in [1.29, 1.82) is 0 Å². The number of ketones is 1. The number of nitrogens with zero attached hydrogens (tertiary/aromatic N) is 6. The van der Waals surface area contributed by atoms with E-state index in [0.717, 1.165) is 0 Å². The van der Waals surface area contributed by atoms with Gasteiger partial charge < -0.3 is 64.1 Å². The molecule has 0 unspecified atom stereocenters. The summed E-state index contributed by atoms with van der Waals surface area (Å²) in [7, 11) is 6.83. The van der Waals surface area contributed by atoms with Crippen LogP contribution in [-0.4, -0.2) is 175 Å². The Hall–Kier alpha value is -4.10. The summed E-state index contributed by atoms with van der Waals surface area (Å²) >= 11 is 1.34. The van der Waals surface area contributed by atoms with Gasteiger partial charge >= 0.3 is 11.9 Å². The molecule has 0 spiro atoms. The lowest BCUT2D eigenvalue weighted by Crippen LogP contribution is -2.63. The molecule has 8 rings (SSSR count). The van der Waals surface area contributed by atoms with E-state index in [1.165, 1.54) is 25.2 Å². The van der Waals surface area contributed by atoms with Crippen LogP contribution in [0.15, 0.2) is 30.9 Å². The molecule has 8 heterocycles. The summed E-state index contributed by atoms with van der Waals surface area (Å²) in [6, 6.07) is 3.23. The number of methoxy groups -OCH3 is 2. The third kappa shape index (κ3) is 10.6. The number of ether oxygens (including phenoxy) is 8. The molecule has 19 atom stereocenters. The molecule has 3 aromatic heterocycles. The molecule has 21 nitrogen and oxygen atoms in total. The number of nitrogens with two attached hydrogens (primary N) is 1. The first-order valence-corrected chi connectivity index (χ1v) is 26.6. The molecule has 3 aromatic rings. The molecule has 0 aliphatic carbocycles. The number of likely N-dealkylation sites (N-methyl/N-ethyl adjacent to an activating group) is 1. The number of nitrogen functional groups attached to an aromatic ring is 1. The predicted octanol–water partition coefficient (Wildman–Crippen LogP) is 4.29. The SMILES string of the molecule is CC[C@H]1OC(=O)[C@H](C)[C@H]2O[C@H]3C[C@@](C)(OC)[C@@H](O)[C@H](C[C@@H]4C[C@H](N(C)C)[C@@H](O)[C@@H](O4)O[C@H]([C@H]2C)[C@](C)(OC)C[C@@H](C)C(=O)[C@H](C)[C@H]2[C@H](SCCn4c(Nc5cccnc5)nc5c(N)ncnc54)C(=O)O[C@@]21C)O3. The fraction of sp³-hybridized carbons (Fsp3) is 0.745. The van der Waals surface area contributed by atoms with Crippen LogP contribution in [0, 0.1) is 29.6 Å². The number of hydrogen-bond donors (Lipinski definition) is 4. The van der Waals surface area contributed by atoms with Crippen molar-refractivity contribution >= 4 is 58.1 Å². The van der Waals surface area contributed by atoms with Gasteiger partial charge in [0.2, 0.25) is 5.95 Å². The smallest absolute Gasteiger partial charge is 0.320 e. The van der Waals surface area contributed by atoms with E-state index in [1.807, 2.05) is 64.2 Å². The van der Waals surface area contributed by atoms with Crippen LogP contribution in [0.25, 0.3) is 11.2 Å². The molecular formula is C51H76N8O13S. The third-order valence-electron chi connectivity index (χ3n) is 16.6. The number of cyclic esters (lactones) is 1. The number of hydrogen-bond acceptors (Lipinski definition) is 21. The van der Waals surface area contributed by atoms with Crippen molar-refractivity contribution in [2.75, 3.05) is 45.1 Å². The number of esters is 2. The normalized spacial score (nSPS) is 40.7. The lowest BCUT2D eigenvalue weighted by atomic mass is 9.70. The van der Waals surface area contributed by atoms with Gasteiger partial charge in [0.25, 0.3) is 0 Å². The van der Waals surface area contributed by atoms with Crippen molar-refractivity contribution in [2.24, 2.45) is 29.6 Å². The Bertz CT molecular complexity index is 2440. The number of carbonyl (C=O) groups excluding carboxylic acids is 3. The van der Waals surface area contributed by atoms with Crippen molar-refractivity contribution < 1.29 is 62.5 Å². The van der Waals surface area contributed by atoms with Crippen LogP contribution in [0.4, 0.5) is 17.5 Å². The Kier molecular flexibility index (Phi) is 16.5. The first-order valence-electron chi connectivity index (χ1n) is 25.5. The highest BCUT2D eigenvalue weighted by Gasteiger charge is 2.62. The van der Waals surface area contributed by atoms with Crippen LogP contribution in [-0.2, 0) is 58.8 Å². The summed E-state index contributed by atoms with van der Waals surface area (Å²) in [6.07, 6.45) is -2.93. The van der Waals surface area contributed by atoms with Crippen LogP contribution in [0.3, 0.4) is 0 Å². The Morgan fingerprint density at radius 2 is 1.70 bits per heavy atom. The number of aryl methyl sites for hydroxylation is 1. The van der Waals surface area contributed by atoms with Gasteiger partial charge in [-0.3, -0.25) is 23.9 Å². The van der Waals surface area contributed by atoms with Crippen molar-refractivity contribution in [3.63, 3.8) is 0 Å². The lowest BCUT2D eigenvalue weighted by Gasteiger charge is -2.52. The molecule has 22 heteroatoms. The quantitative estimate of drug-likeness (QED) is 0.206. The molecule has 5 fully saturated rings. The van der Waals surface area contributed by atoms with E-state index in [-0.39, 0.29) is 37.3 Å². The maximum Gasteiger partial charge on any atom is 0.320 e. The van der Waals surface area contributed by atoms with Crippen molar-refractivity contribution in [3.05, 3.63) is 30.9 Å². The Labute approximate surface area is 431 Å². The minimum atomic E-state index is -1.45. The Balaban J connectivity index is 1.17. The highest BCUT2D eigenvalue weighted by molar-refractivity contribution is 8.00. The zero-order chi connectivity index (χ0) is 52.9. The van der Waals surface area contributed by atoms with E-state index in [4.69, 9.17) is 48.6 Å². The molecule has 5 aliphatic heterocycles. The minimum absolute atomic E-state index is 0.114. The second kappa shape index (κ2) is 21.9. The summed E-state index contributed by atoms with van der Waals surface area (Å²) in [5, 5.41) is 26.3. The number of fused-ring (bicyclic) bond motifs is 8. The summed E-state index contributed by atoms with van der Waals surface area (Å²) < 4.78 is 54.7.